The average molecular weight is 368 g/mol. The number of carbonyl (C=O) groups excluding carboxylic acids is 2. The van der Waals surface area contributed by atoms with Crippen molar-refractivity contribution in [3.8, 4) is 0 Å². The quantitative estimate of drug-likeness (QED) is 0.753. The molecule has 0 aromatic heterocycles. The molecule has 0 bridgehead atoms. The van der Waals surface area contributed by atoms with Crippen molar-refractivity contribution in [1.29, 1.82) is 0 Å². The molecule has 1 aliphatic rings. The largest absolute Gasteiger partial charge is 0.471 e. The van der Waals surface area contributed by atoms with Crippen molar-refractivity contribution in [3.05, 3.63) is 35.9 Å². The highest BCUT2D eigenvalue weighted by molar-refractivity contribution is 5.84. The zero-order chi connectivity index (χ0) is 18.8. The van der Waals surface area contributed by atoms with Crippen LogP contribution in [0.25, 0.3) is 0 Å². The Morgan fingerprint density at radius 1 is 0.920 bits per heavy atom. The number of rotatable bonds is 2. The second-order valence-corrected chi connectivity index (χ2v) is 5.59. The van der Waals surface area contributed by atoms with Gasteiger partial charge in [0.1, 0.15) is 0 Å². The molecule has 1 saturated heterocycles. The highest BCUT2D eigenvalue weighted by Gasteiger charge is 2.49. The molecule has 1 atom stereocenters. The lowest BCUT2D eigenvalue weighted by atomic mass is 10.0. The summed E-state index contributed by atoms with van der Waals surface area (Å²) in [5.74, 6) is -4.24. The number of hydrogen-bond donors (Lipinski definition) is 0. The van der Waals surface area contributed by atoms with Crippen molar-refractivity contribution >= 4 is 11.8 Å². The molecule has 138 valence electrons. The number of hydrogen-bond acceptors (Lipinski definition) is 2. The molecule has 25 heavy (non-hydrogen) atoms. The fraction of sp³-hybridized carbons (Fsp3) is 0.467. The van der Waals surface area contributed by atoms with Gasteiger partial charge in [0.05, 0.1) is 6.04 Å². The van der Waals surface area contributed by atoms with Crippen LogP contribution in [0.15, 0.2) is 30.3 Å². The summed E-state index contributed by atoms with van der Waals surface area (Å²) in [6.07, 6.45) is -10.3. The topological polar surface area (TPSA) is 40.6 Å². The van der Waals surface area contributed by atoms with E-state index in [0.717, 1.165) is 0 Å². The Morgan fingerprint density at radius 3 is 2.00 bits per heavy atom. The summed E-state index contributed by atoms with van der Waals surface area (Å²) >= 11 is 0. The SMILES string of the molecule is O=C(N1CCN(C(=O)C(F)(F)F)[C@H](Cc2ccccc2)C1)C(F)(F)F. The summed E-state index contributed by atoms with van der Waals surface area (Å²) in [6, 6.07) is 6.88. The maximum absolute atomic E-state index is 12.7. The van der Waals surface area contributed by atoms with Gasteiger partial charge in [-0.15, -0.1) is 0 Å². The number of alkyl halides is 6. The standard InChI is InChI=1S/C15H14F6N2O2/c16-14(17,18)12(24)22-6-7-23(13(25)15(19,20)21)11(9-22)8-10-4-2-1-3-5-10/h1-5,11H,6-9H2/t11-/m1/s1. The lowest BCUT2D eigenvalue weighted by Crippen LogP contribution is -2.61. The molecular weight excluding hydrogens is 354 g/mol. The summed E-state index contributed by atoms with van der Waals surface area (Å²) in [5.41, 5.74) is 0.550. The van der Waals surface area contributed by atoms with E-state index in [2.05, 4.69) is 0 Å². The van der Waals surface area contributed by atoms with Gasteiger partial charge in [0.15, 0.2) is 0 Å². The van der Waals surface area contributed by atoms with E-state index in [4.69, 9.17) is 0 Å². The Bertz CT molecular complexity index is 629. The zero-order valence-corrected chi connectivity index (χ0v) is 12.8. The van der Waals surface area contributed by atoms with E-state index in [-0.39, 0.29) is 6.42 Å². The zero-order valence-electron chi connectivity index (χ0n) is 12.8. The molecule has 0 aliphatic carbocycles. The molecule has 2 rings (SSSR count). The van der Waals surface area contributed by atoms with Crippen molar-refractivity contribution in [1.82, 2.24) is 9.80 Å². The van der Waals surface area contributed by atoms with Gasteiger partial charge in [0.25, 0.3) is 0 Å². The van der Waals surface area contributed by atoms with E-state index < -0.39 is 49.8 Å². The van der Waals surface area contributed by atoms with Crippen LogP contribution in [0.2, 0.25) is 0 Å². The van der Waals surface area contributed by atoms with Gasteiger partial charge < -0.3 is 9.80 Å². The molecule has 1 aliphatic heterocycles. The van der Waals surface area contributed by atoms with Gasteiger partial charge >= 0.3 is 24.2 Å². The molecule has 0 saturated carbocycles. The van der Waals surface area contributed by atoms with Gasteiger partial charge in [-0.1, -0.05) is 30.3 Å². The van der Waals surface area contributed by atoms with Crippen molar-refractivity contribution < 1.29 is 35.9 Å². The van der Waals surface area contributed by atoms with Gasteiger partial charge in [-0.2, -0.15) is 26.3 Å². The van der Waals surface area contributed by atoms with E-state index >= 15 is 0 Å². The molecule has 1 aromatic carbocycles. The number of benzene rings is 1. The van der Waals surface area contributed by atoms with Crippen molar-refractivity contribution in [2.75, 3.05) is 19.6 Å². The Hall–Kier alpha value is -2.26. The van der Waals surface area contributed by atoms with E-state index in [1.54, 1.807) is 30.3 Å². The molecule has 0 unspecified atom stereocenters. The second kappa shape index (κ2) is 6.93. The van der Waals surface area contributed by atoms with Gasteiger partial charge in [0.2, 0.25) is 0 Å². The van der Waals surface area contributed by atoms with Crippen LogP contribution >= 0.6 is 0 Å². The monoisotopic (exact) mass is 368 g/mol. The summed E-state index contributed by atoms with van der Waals surface area (Å²) in [6.45, 7) is -1.84. The lowest BCUT2D eigenvalue weighted by molar-refractivity contribution is -0.196. The highest BCUT2D eigenvalue weighted by Crippen LogP contribution is 2.26. The van der Waals surface area contributed by atoms with E-state index in [1.807, 2.05) is 0 Å². The Morgan fingerprint density at radius 2 is 1.48 bits per heavy atom. The first kappa shape index (κ1) is 19.1. The fourth-order valence-electron chi connectivity index (χ4n) is 2.71. The number of amides is 2. The first-order chi connectivity index (χ1) is 11.5. The average Bonchev–Trinajstić information content (AvgIpc) is 2.52. The molecule has 0 N–H and O–H groups in total. The molecule has 2 amide bonds. The third-order valence-corrected chi connectivity index (χ3v) is 3.83. The normalized spacial score (nSPS) is 19.0. The minimum absolute atomic E-state index is 0.0930. The first-order valence-corrected chi connectivity index (χ1v) is 7.28. The molecule has 1 fully saturated rings. The lowest BCUT2D eigenvalue weighted by Gasteiger charge is -2.41. The van der Waals surface area contributed by atoms with Crippen molar-refractivity contribution in [2.45, 2.75) is 24.8 Å². The molecular formula is C15H14F6N2O2. The number of halogens is 6. The number of carbonyl (C=O) groups is 2. The molecule has 0 radical (unpaired) electrons. The van der Waals surface area contributed by atoms with Gasteiger partial charge in [-0.05, 0) is 12.0 Å². The Balaban J connectivity index is 2.23. The van der Waals surface area contributed by atoms with Crippen LogP contribution in [0.4, 0.5) is 26.3 Å². The molecule has 1 heterocycles. The van der Waals surface area contributed by atoms with Gasteiger partial charge in [-0.25, -0.2) is 0 Å². The van der Waals surface area contributed by atoms with Crippen molar-refractivity contribution in [2.24, 2.45) is 0 Å². The van der Waals surface area contributed by atoms with Crippen molar-refractivity contribution in [3.63, 3.8) is 0 Å². The van der Waals surface area contributed by atoms with E-state index in [1.165, 1.54) is 0 Å². The highest BCUT2D eigenvalue weighted by atomic mass is 19.4. The third kappa shape index (κ3) is 4.64. The maximum Gasteiger partial charge on any atom is 0.471 e. The van der Waals surface area contributed by atoms with Crippen LogP contribution in [0.5, 0.6) is 0 Å². The van der Waals surface area contributed by atoms with E-state index in [0.29, 0.717) is 15.4 Å². The van der Waals surface area contributed by atoms with Crippen LogP contribution in [-0.4, -0.2) is 59.6 Å². The summed E-state index contributed by atoms with van der Waals surface area (Å²) in [4.78, 5) is 23.9. The maximum atomic E-state index is 12.7. The molecule has 1 aromatic rings. The van der Waals surface area contributed by atoms with Gasteiger partial charge in [0, 0.05) is 19.6 Å². The van der Waals surface area contributed by atoms with Crippen LogP contribution in [0.3, 0.4) is 0 Å². The Kier molecular flexibility index (Phi) is 5.28. The minimum Gasteiger partial charge on any atom is -0.331 e. The molecule has 10 heteroatoms. The first-order valence-electron chi connectivity index (χ1n) is 7.28. The number of piperazine rings is 1. The third-order valence-electron chi connectivity index (χ3n) is 3.83. The van der Waals surface area contributed by atoms with Crippen LogP contribution in [-0.2, 0) is 16.0 Å². The fourth-order valence-corrected chi connectivity index (χ4v) is 2.71. The van der Waals surface area contributed by atoms with E-state index in [9.17, 15) is 35.9 Å². The number of nitrogens with zero attached hydrogens (tertiary/aromatic N) is 2. The van der Waals surface area contributed by atoms with Crippen LogP contribution in [0, 0.1) is 0 Å². The van der Waals surface area contributed by atoms with Crippen LogP contribution in [0.1, 0.15) is 5.56 Å². The smallest absolute Gasteiger partial charge is 0.331 e. The van der Waals surface area contributed by atoms with Gasteiger partial charge in [-0.3, -0.25) is 9.59 Å². The molecule has 0 spiro atoms. The minimum atomic E-state index is -5.13. The summed E-state index contributed by atoms with van der Waals surface area (Å²) in [5, 5.41) is 0. The predicted molar refractivity (Wildman–Crippen MR) is 74.3 cm³/mol. The summed E-state index contributed by atoms with van der Waals surface area (Å²) in [7, 11) is 0. The predicted octanol–water partition coefficient (Wildman–Crippen LogP) is 2.39. The Labute approximate surface area is 139 Å². The van der Waals surface area contributed by atoms with Crippen LogP contribution < -0.4 is 0 Å². The second-order valence-electron chi connectivity index (χ2n) is 5.59. The molecule has 4 nitrogen and oxygen atoms in total. The summed E-state index contributed by atoms with van der Waals surface area (Å²) < 4.78 is 76.0.